The second kappa shape index (κ2) is 7.19. The molecule has 10 atom stereocenters. The lowest BCUT2D eigenvalue weighted by Crippen LogP contribution is -2.68. The number of aliphatic hydroxyl groups is 3. The molecule has 0 aromatic carbocycles. The number of carbonyl (C=O) groups excluding carboxylic acids is 2. The third kappa shape index (κ3) is 2.84. The van der Waals surface area contributed by atoms with Crippen LogP contribution in [0.3, 0.4) is 0 Å². The Balaban J connectivity index is 1.49. The van der Waals surface area contributed by atoms with Gasteiger partial charge in [0.05, 0.1) is 18.8 Å². The highest BCUT2D eigenvalue weighted by Crippen LogP contribution is 2.63. The standard InChI is InChI=1S/C25H36O7/c1-12(2)15(26)7-8-23(3)9-10-24(4)14(19(23)28)6-5-13-16-17-20(29)25(30,18(13)27)11-31-22(17)32-21(16)24/h5,12,14,16-18,20-22,27,29-30H,6-11H2,1-4H3/t14-,16+,17?,18?,20?,21+,22?,23-,24-,25?/m1/s1. The second-order valence-corrected chi connectivity index (χ2v) is 11.7. The van der Waals surface area contributed by atoms with E-state index in [1.807, 2.05) is 26.8 Å². The number of aliphatic hydroxyl groups excluding tert-OH is 2. The first-order valence-electron chi connectivity index (χ1n) is 12.1. The summed E-state index contributed by atoms with van der Waals surface area (Å²) in [5, 5.41) is 33.0. The lowest BCUT2D eigenvalue weighted by Gasteiger charge is -2.53. The van der Waals surface area contributed by atoms with E-state index >= 15 is 0 Å². The van der Waals surface area contributed by atoms with Crippen molar-refractivity contribution in [2.45, 2.75) is 90.0 Å². The summed E-state index contributed by atoms with van der Waals surface area (Å²) in [4.78, 5) is 26.1. The van der Waals surface area contributed by atoms with Crippen LogP contribution in [0, 0.1) is 34.5 Å². The first kappa shape index (κ1) is 22.7. The van der Waals surface area contributed by atoms with Crippen molar-refractivity contribution in [2.24, 2.45) is 34.5 Å². The molecule has 7 nitrogen and oxygen atoms in total. The molecule has 2 aliphatic heterocycles. The number of ketones is 2. The average Bonchev–Trinajstić information content (AvgIpc) is 3.10. The van der Waals surface area contributed by atoms with Gasteiger partial charge in [-0.15, -0.1) is 0 Å². The number of ether oxygens (including phenoxy) is 2. The highest BCUT2D eigenvalue weighted by atomic mass is 16.7. The number of hydrogen-bond acceptors (Lipinski definition) is 7. The summed E-state index contributed by atoms with van der Waals surface area (Å²) >= 11 is 0. The van der Waals surface area contributed by atoms with Crippen LogP contribution in [0.25, 0.3) is 0 Å². The van der Waals surface area contributed by atoms with Crippen LogP contribution in [0.5, 0.6) is 0 Å². The monoisotopic (exact) mass is 448 g/mol. The average molecular weight is 449 g/mol. The van der Waals surface area contributed by atoms with Crippen molar-refractivity contribution >= 4 is 11.6 Å². The smallest absolute Gasteiger partial charge is 0.164 e. The van der Waals surface area contributed by atoms with Gasteiger partial charge in [-0.3, -0.25) is 9.59 Å². The minimum Gasteiger partial charge on any atom is -0.389 e. The van der Waals surface area contributed by atoms with E-state index < -0.39 is 40.8 Å². The second-order valence-electron chi connectivity index (χ2n) is 11.7. The number of hydrogen-bond donors (Lipinski definition) is 3. The van der Waals surface area contributed by atoms with Crippen molar-refractivity contribution in [1.29, 1.82) is 0 Å². The molecule has 0 amide bonds. The molecule has 5 rings (SSSR count). The van der Waals surface area contributed by atoms with Crippen LogP contribution < -0.4 is 0 Å². The Morgan fingerprint density at radius 1 is 1.25 bits per heavy atom. The Kier molecular flexibility index (Phi) is 5.09. The molecule has 0 aromatic heterocycles. The molecule has 5 unspecified atom stereocenters. The molecule has 0 radical (unpaired) electrons. The maximum Gasteiger partial charge on any atom is 0.164 e. The Morgan fingerprint density at radius 2 is 1.97 bits per heavy atom. The molecule has 2 saturated heterocycles. The summed E-state index contributed by atoms with van der Waals surface area (Å²) in [5.41, 5.74) is -2.11. The fourth-order valence-electron chi connectivity index (χ4n) is 7.21. The number of fused-ring (bicyclic) bond motifs is 3. The van der Waals surface area contributed by atoms with Crippen LogP contribution in [-0.4, -0.2) is 63.7 Å². The van der Waals surface area contributed by atoms with Gasteiger partial charge in [0.1, 0.15) is 23.3 Å². The minimum atomic E-state index is -1.76. The van der Waals surface area contributed by atoms with E-state index in [0.717, 1.165) is 6.42 Å². The zero-order valence-corrected chi connectivity index (χ0v) is 19.4. The van der Waals surface area contributed by atoms with Gasteiger partial charge in [-0.2, -0.15) is 0 Å². The number of allylic oxidation sites excluding steroid dienone is 1. The molecule has 32 heavy (non-hydrogen) atoms. The highest BCUT2D eigenvalue weighted by Gasteiger charge is 2.70. The number of rotatable bonds is 4. The summed E-state index contributed by atoms with van der Waals surface area (Å²) in [6, 6.07) is 0. The summed E-state index contributed by atoms with van der Waals surface area (Å²) in [6.45, 7) is 7.67. The highest BCUT2D eigenvalue weighted by molar-refractivity contribution is 5.89. The molecular weight excluding hydrogens is 412 g/mol. The van der Waals surface area contributed by atoms with E-state index in [0.29, 0.717) is 31.3 Å². The molecule has 2 heterocycles. The van der Waals surface area contributed by atoms with Crippen molar-refractivity contribution in [3.05, 3.63) is 11.6 Å². The maximum absolute atomic E-state index is 13.9. The van der Waals surface area contributed by atoms with E-state index in [2.05, 4.69) is 6.92 Å². The van der Waals surface area contributed by atoms with Crippen LogP contribution >= 0.6 is 0 Å². The van der Waals surface area contributed by atoms with Gasteiger partial charge in [-0.1, -0.05) is 33.8 Å². The molecule has 178 valence electrons. The Labute approximate surface area is 189 Å². The largest absolute Gasteiger partial charge is 0.389 e. The van der Waals surface area contributed by atoms with Gasteiger partial charge < -0.3 is 24.8 Å². The molecule has 3 N–H and O–H groups in total. The molecule has 0 aromatic rings. The first-order chi connectivity index (χ1) is 14.9. The summed E-state index contributed by atoms with van der Waals surface area (Å²) in [6.07, 6.45) is 1.35. The molecule has 2 bridgehead atoms. The summed E-state index contributed by atoms with van der Waals surface area (Å²) in [5.74, 6) is -0.760. The number of Topliss-reactive ketones (excluding diaryl/α,β-unsaturated/α-hetero) is 2. The third-order valence-electron chi connectivity index (χ3n) is 9.59. The molecule has 0 spiro atoms. The van der Waals surface area contributed by atoms with E-state index in [1.54, 1.807) is 0 Å². The summed E-state index contributed by atoms with van der Waals surface area (Å²) in [7, 11) is 0. The van der Waals surface area contributed by atoms with E-state index in [9.17, 15) is 24.9 Å². The van der Waals surface area contributed by atoms with Crippen LogP contribution in [0.4, 0.5) is 0 Å². The van der Waals surface area contributed by atoms with Crippen LogP contribution in [0.1, 0.15) is 59.8 Å². The lowest BCUT2D eigenvalue weighted by atomic mass is 9.53. The van der Waals surface area contributed by atoms with Crippen molar-refractivity contribution in [3.63, 3.8) is 0 Å². The van der Waals surface area contributed by atoms with Gasteiger partial charge in [0.25, 0.3) is 0 Å². The molecule has 3 aliphatic carbocycles. The van der Waals surface area contributed by atoms with Crippen molar-refractivity contribution in [3.8, 4) is 0 Å². The molecule has 5 aliphatic rings. The first-order valence-corrected chi connectivity index (χ1v) is 12.1. The normalized spacial score (nSPS) is 51.8. The van der Waals surface area contributed by atoms with Gasteiger partial charge in [-0.05, 0) is 31.3 Å². The fourth-order valence-corrected chi connectivity index (χ4v) is 7.21. The number of carbonyl (C=O) groups is 2. The van der Waals surface area contributed by atoms with Gasteiger partial charge in [0.2, 0.25) is 0 Å². The van der Waals surface area contributed by atoms with Gasteiger partial charge >= 0.3 is 0 Å². The van der Waals surface area contributed by atoms with Gasteiger partial charge in [-0.25, -0.2) is 0 Å². The SMILES string of the molecule is CC(C)C(=O)CC[C@]1(C)CC[C@]2(C)[C@H](CC=C3C(O)C4(O)COC5O[C@H]2[C@@H]3C5C4O)C1=O. The van der Waals surface area contributed by atoms with Gasteiger partial charge in [0.15, 0.2) is 6.29 Å². The zero-order valence-electron chi connectivity index (χ0n) is 19.4. The minimum absolute atomic E-state index is 0.0359. The van der Waals surface area contributed by atoms with E-state index in [4.69, 9.17) is 9.47 Å². The summed E-state index contributed by atoms with van der Waals surface area (Å²) < 4.78 is 12.1. The van der Waals surface area contributed by atoms with Gasteiger partial charge in [0, 0.05) is 40.9 Å². The van der Waals surface area contributed by atoms with Crippen LogP contribution in [0.15, 0.2) is 11.6 Å². The predicted octanol–water partition coefficient (Wildman–Crippen LogP) is 1.77. The molecule has 7 heteroatoms. The quantitative estimate of drug-likeness (QED) is 0.562. The van der Waals surface area contributed by atoms with Crippen molar-refractivity contribution < 1.29 is 34.4 Å². The predicted molar refractivity (Wildman–Crippen MR) is 114 cm³/mol. The third-order valence-corrected chi connectivity index (χ3v) is 9.59. The molecule has 4 fully saturated rings. The fraction of sp³-hybridized carbons (Fsp3) is 0.840. The Bertz CT molecular complexity index is 866. The molecule has 2 saturated carbocycles. The zero-order chi connectivity index (χ0) is 23.2. The topological polar surface area (TPSA) is 113 Å². The Morgan fingerprint density at radius 3 is 2.66 bits per heavy atom. The lowest BCUT2D eigenvalue weighted by molar-refractivity contribution is -0.289. The van der Waals surface area contributed by atoms with Crippen molar-refractivity contribution in [2.75, 3.05) is 6.61 Å². The van der Waals surface area contributed by atoms with E-state index in [1.165, 1.54) is 0 Å². The Hall–Kier alpha value is -1.12. The van der Waals surface area contributed by atoms with Crippen molar-refractivity contribution in [1.82, 2.24) is 0 Å². The van der Waals surface area contributed by atoms with Crippen LogP contribution in [-0.2, 0) is 19.1 Å². The molecular formula is C25H36O7. The maximum atomic E-state index is 13.9. The van der Waals surface area contributed by atoms with E-state index in [-0.39, 0.29) is 42.0 Å². The van der Waals surface area contributed by atoms with Crippen LogP contribution in [0.2, 0.25) is 0 Å².